The van der Waals surface area contributed by atoms with Crippen molar-refractivity contribution >= 4 is 40.4 Å². The first-order chi connectivity index (χ1) is 5.74. The fourth-order valence-corrected chi connectivity index (χ4v) is 2.27. The van der Waals surface area contributed by atoms with Crippen LogP contribution in [0, 0.1) is 0 Å². The summed E-state index contributed by atoms with van der Waals surface area (Å²) in [6.45, 7) is 2.21. The van der Waals surface area contributed by atoms with Crippen molar-refractivity contribution in [2.75, 3.05) is 0 Å². The van der Waals surface area contributed by atoms with Crippen LogP contribution in [0.2, 0.25) is 0 Å². The molecule has 66 valence electrons. The fourth-order valence-electron chi connectivity index (χ4n) is 0.978. The molecular weight excluding hydrogens is 204 g/mol. The van der Waals surface area contributed by atoms with Crippen molar-refractivity contribution in [2.24, 2.45) is 0 Å². The zero-order valence-corrected chi connectivity index (χ0v) is 9.57. The van der Waals surface area contributed by atoms with Crippen molar-refractivity contribution < 1.29 is 0 Å². The van der Waals surface area contributed by atoms with Gasteiger partial charge in [-0.15, -0.1) is 24.0 Å². The van der Waals surface area contributed by atoms with Crippen molar-refractivity contribution in [1.29, 1.82) is 0 Å². The third-order valence-corrected chi connectivity index (χ3v) is 3.55. The lowest BCUT2D eigenvalue weighted by molar-refractivity contribution is 0.804. The van der Waals surface area contributed by atoms with E-state index in [9.17, 15) is 0 Å². The molecular formula is C9H12S3. The molecule has 12 heavy (non-hydrogen) atoms. The van der Waals surface area contributed by atoms with Gasteiger partial charge >= 0.3 is 0 Å². The van der Waals surface area contributed by atoms with Crippen LogP contribution >= 0.6 is 36.2 Å². The van der Waals surface area contributed by atoms with E-state index in [1.807, 2.05) is 0 Å². The predicted octanol–water partition coefficient (Wildman–Crippen LogP) is 3.70. The molecule has 1 heterocycles. The van der Waals surface area contributed by atoms with Gasteiger partial charge in [0.1, 0.15) is 0 Å². The molecule has 0 radical (unpaired) electrons. The lowest BCUT2D eigenvalue weighted by atomic mass is 10.2. The molecule has 0 bridgehead atoms. The SMILES string of the molecule is CCCCc1ccc(C(=S)S)s1. The summed E-state index contributed by atoms with van der Waals surface area (Å²) in [5.41, 5.74) is 0. The van der Waals surface area contributed by atoms with Crippen LogP contribution in [0.4, 0.5) is 0 Å². The van der Waals surface area contributed by atoms with E-state index in [-0.39, 0.29) is 0 Å². The highest BCUT2D eigenvalue weighted by atomic mass is 32.1. The van der Waals surface area contributed by atoms with Crippen LogP contribution in [0.15, 0.2) is 12.1 Å². The predicted molar refractivity (Wildman–Crippen MR) is 63.6 cm³/mol. The first kappa shape index (κ1) is 10.2. The monoisotopic (exact) mass is 216 g/mol. The summed E-state index contributed by atoms with van der Waals surface area (Å²) in [5.74, 6) is 0. The van der Waals surface area contributed by atoms with Crippen LogP contribution in [-0.2, 0) is 6.42 Å². The molecule has 0 nitrogen and oxygen atoms in total. The highest BCUT2D eigenvalue weighted by Gasteiger charge is 2.00. The largest absolute Gasteiger partial charge is 0.139 e. The van der Waals surface area contributed by atoms with Gasteiger partial charge in [0.15, 0.2) is 0 Å². The molecule has 0 aromatic carbocycles. The molecule has 0 amide bonds. The second-order valence-electron chi connectivity index (χ2n) is 2.67. The maximum atomic E-state index is 4.96. The number of hydrogen-bond donors (Lipinski definition) is 1. The van der Waals surface area contributed by atoms with Gasteiger partial charge in [0.05, 0.1) is 9.07 Å². The molecule has 1 aromatic rings. The zero-order valence-electron chi connectivity index (χ0n) is 7.04. The normalized spacial score (nSPS) is 10.2. The quantitative estimate of drug-likeness (QED) is 0.591. The Balaban J connectivity index is 2.58. The van der Waals surface area contributed by atoms with Crippen LogP contribution in [0.25, 0.3) is 0 Å². The maximum absolute atomic E-state index is 4.96. The van der Waals surface area contributed by atoms with Gasteiger partial charge in [0, 0.05) is 4.88 Å². The van der Waals surface area contributed by atoms with E-state index in [1.54, 1.807) is 11.3 Å². The van der Waals surface area contributed by atoms with Crippen molar-refractivity contribution in [3.8, 4) is 0 Å². The Kier molecular flexibility index (Phi) is 4.26. The number of aryl methyl sites for hydroxylation is 1. The summed E-state index contributed by atoms with van der Waals surface area (Å²) in [5, 5.41) is 0. The van der Waals surface area contributed by atoms with Crippen molar-refractivity contribution in [3.63, 3.8) is 0 Å². The molecule has 0 atom stereocenters. The molecule has 0 saturated heterocycles. The van der Waals surface area contributed by atoms with Crippen molar-refractivity contribution in [1.82, 2.24) is 0 Å². The Morgan fingerprint density at radius 3 is 2.83 bits per heavy atom. The van der Waals surface area contributed by atoms with E-state index >= 15 is 0 Å². The van der Waals surface area contributed by atoms with E-state index < -0.39 is 0 Å². The average molecular weight is 216 g/mol. The fraction of sp³-hybridized carbons (Fsp3) is 0.444. The van der Waals surface area contributed by atoms with Crippen LogP contribution in [-0.4, -0.2) is 4.20 Å². The first-order valence-electron chi connectivity index (χ1n) is 4.06. The van der Waals surface area contributed by atoms with E-state index in [1.165, 1.54) is 24.1 Å². The summed E-state index contributed by atoms with van der Waals surface area (Å²) >= 11 is 10.9. The van der Waals surface area contributed by atoms with E-state index in [0.717, 1.165) is 4.88 Å². The second kappa shape index (κ2) is 5.00. The molecule has 0 aliphatic heterocycles. The van der Waals surface area contributed by atoms with Gasteiger partial charge in [-0.2, -0.15) is 0 Å². The Hall–Kier alpha value is 0.140. The minimum Gasteiger partial charge on any atom is -0.139 e. The summed E-state index contributed by atoms with van der Waals surface area (Å²) in [7, 11) is 0. The summed E-state index contributed by atoms with van der Waals surface area (Å²) < 4.78 is 0.711. The van der Waals surface area contributed by atoms with Gasteiger partial charge in [-0.3, -0.25) is 0 Å². The number of rotatable bonds is 4. The maximum Gasteiger partial charge on any atom is 0.0847 e. The Morgan fingerprint density at radius 2 is 2.33 bits per heavy atom. The molecule has 1 rings (SSSR count). The topological polar surface area (TPSA) is 0 Å². The molecule has 0 spiro atoms. The van der Waals surface area contributed by atoms with Crippen molar-refractivity contribution in [2.45, 2.75) is 26.2 Å². The Morgan fingerprint density at radius 1 is 1.58 bits per heavy atom. The zero-order chi connectivity index (χ0) is 8.97. The van der Waals surface area contributed by atoms with Gasteiger partial charge in [-0.1, -0.05) is 25.6 Å². The molecule has 0 saturated carbocycles. The summed E-state index contributed by atoms with van der Waals surface area (Å²) in [6, 6.07) is 4.21. The van der Waals surface area contributed by atoms with Gasteiger partial charge < -0.3 is 0 Å². The molecule has 0 aliphatic rings. The highest BCUT2D eigenvalue weighted by Crippen LogP contribution is 2.20. The molecule has 0 unspecified atom stereocenters. The van der Waals surface area contributed by atoms with E-state index in [2.05, 4.69) is 31.7 Å². The van der Waals surface area contributed by atoms with Gasteiger partial charge in [-0.05, 0) is 25.0 Å². The first-order valence-corrected chi connectivity index (χ1v) is 5.73. The molecule has 3 heteroatoms. The lowest BCUT2D eigenvalue weighted by Crippen LogP contribution is -1.78. The van der Waals surface area contributed by atoms with Crippen LogP contribution in [0.1, 0.15) is 29.5 Å². The van der Waals surface area contributed by atoms with Crippen molar-refractivity contribution in [3.05, 3.63) is 21.9 Å². The number of unbranched alkanes of at least 4 members (excludes halogenated alkanes) is 1. The van der Waals surface area contributed by atoms with Gasteiger partial charge in [0.25, 0.3) is 0 Å². The highest BCUT2D eigenvalue weighted by molar-refractivity contribution is 8.12. The molecule has 0 N–H and O–H groups in total. The molecule has 0 aliphatic carbocycles. The molecule has 0 fully saturated rings. The lowest BCUT2D eigenvalue weighted by Gasteiger charge is -1.92. The third kappa shape index (κ3) is 2.88. The van der Waals surface area contributed by atoms with Crippen LogP contribution in [0.3, 0.4) is 0 Å². The van der Waals surface area contributed by atoms with Gasteiger partial charge in [0.2, 0.25) is 0 Å². The Labute approximate surface area is 88.4 Å². The number of thiophene rings is 1. The Bertz CT molecular complexity index is 262. The minimum absolute atomic E-state index is 0.711. The van der Waals surface area contributed by atoms with Crippen LogP contribution < -0.4 is 0 Å². The minimum atomic E-state index is 0.711. The number of hydrogen-bond acceptors (Lipinski definition) is 2. The van der Waals surface area contributed by atoms with Gasteiger partial charge in [-0.25, -0.2) is 0 Å². The van der Waals surface area contributed by atoms with E-state index in [4.69, 9.17) is 12.2 Å². The third-order valence-electron chi connectivity index (χ3n) is 1.65. The number of thiol groups is 1. The summed E-state index contributed by atoms with van der Waals surface area (Å²) in [6.07, 6.45) is 3.69. The average Bonchev–Trinajstić information content (AvgIpc) is 2.48. The number of thiocarbonyl (C=S) groups is 1. The smallest absolute Gasteiger partial charge is 0.0847 e. The summed E-state index contributed by atoms with van der Waals surface area (Å²) in [4.78, 5) is 2.54. The molecule has 1 aromatic heterocycles. The second-order valence-corrected chi connectivity index (χ2v) is 5.00. The standard InChI is InChI=1S/C9H12S3/c1-2-3-4-7-5-6-8(12-7)9(10)11/h5-6H,2-4H2,1H3,(H,10,11). The van der Waals surface area contributed by atoms with Crippen LogP contribution in [0.5, 0.6) is 0 Å². The van der Waals surface area contributed by atoms with E-state index in [0.29, 0.717) is 4.20 Å².